The maximum absolute atomic E-state index is 11.8. The molecular formula is C11H21N3O3. The fourth-order valence-electron chi connectivity index (χ4n) is 1.84. The molecule has 6 heteroatoms. The van der Waals surface area contributed by atoms with Gasteiger partial charge in [-0.15, -0.1) is 0 Å². The Bertz CT molecular complexity index is 299. The third kappa shape index (κ3) is 4.60. The van der Waals surface area contributed by atoms with Crippen LogP contribution in [0.2, 0.25) is 0 Å². The number of urea groups is 1. The number of piperidine rings is 1. The summed E-state index contributed by atoms with van der Waals surface area (Å²) in [5.41, 5.74) is 4.27. The van der Waals surface area contributed by atoms with E-state index in [0.29, 0.717) is 13.1 Å². The molecule has 17 heavy (non-hydrogen) atoms. The molecule has 0 spiro atoms. The van der Waals surface area contributed by atoms with E-state index in [-0.39, 0.29) is 18.4 Å². The van der Waals surface area contributed by atoms with Gasteiger partial charge < -0.3 is 21.1 Å². The van der Waals surface area contributed by atoms with Gasteiger partial charge in [0.2, 0.25) is 5.91 Å². The Morgan fingerprint density at radius 1 is 1.53 bits per heavy atom. The largest absolute Gasteiger partial charge is 0.389 e. The minimum atomic E-state index is -0.923. The number of hydrogen-bond donors (Lipinski definition) is 3. The molecule has 3 amide bonds. The number of likely N-dealkylation sites (tertiary alicyclic amines) is 1. The number of nitrogens with two attached hydrogens (primary N) is 1. The lowest BCUT2D eigenvalue weighted by molar-refractivity contribution is -0.127. The van der Waals surface area contributed by atoms with Gasteiger partial charge in [-0.25, -0.2) is 4.79 Å². The summed E-state index contributed by atoms with van der Waals surface area (Å²) in [7, 11) is 0. The van der Waals surface area contributed by atoms with Crippen LogP contribution in [0.25, 0.3) is 0 Å². The second-order valence-corrected chi connectivity index (χ2v) is 5.15. The van der Waals surface area contributed by atoms with E-state index in [1.54, 1.807) is 13.8 Å². The number of amides is 3. The summed E-state index contributed by atoms with van der Waals surface area (Å²) in [6.45, 7) is 4.45. The van der Waals surface area contributed by atoms with Crippen LogP contribution in [-0.4, -0.2) is 47.2 Å². The average molecular weight is 243 g/mol. The fraction of sp³-hybridized carbons (Fsp3) is 0.818. The molecule has 1 heterocycles. The van der Waals surface area contributed by atoms with Gasteiger partial charge in [0, 0.05) is 19.6 Å². The first kappa shape index (κ1) is 13.8. The van der Waals surface area contributed by atoms with Crippen LogP contribution in [0.1, 0.15) is 26.7 Å². The molecule has 98 valence electrons. The highest BCUT2D eigenvalue weighted by Crippen LogP contribution is 2.16. The Morgan fingerprint density at radius 2 is 2.18 bits per heavy atom. The number of carbonyl (C=O) groups is 2. The lowest BCUT2D eigenvalue weighted by Crippen LogP contribution is -2.49. The van der Waals surface area contributed by atoms with Crippen molar-refractivity contribution in [3.63, 3.8) is 0 Å². The number of hydrogen-bond acceptors (Lipinski definition) is 3. The minimum absolute atomic E-state index is 0.127. The Kier molecular flexibility index (Phi) is 4.34. The van der Waals surface area contributed by atoms with Gasteiger partial charge in [-0.3, -0.25) is 4.79 Å². The Balaban J connectivity index is 2.44. The highest BCUT2D eigenvalue weighted by atomic mass is 16.3. The van der Waals surface area contributed by atoms with Crippen molar-refractivity contribution in [1.82, 2.24) is 10.2 Å². The zero-order chi connectivity index (χ0) is 13.1. The van der Waals surface area contributed by atoms with E-state index in [1.165, 1.54) is 4.90 Å². The maximum Gasteiger partial charge on any atom is 0.314 e. The molecule has 1 fully saturated rings. The van der Waals surface area contributed by atoms with Gasteiger partial charge in [0.05, 0.1) is 11.5 Å². The molecule has 1 atom stereocenters. The number of primary amides is 1. The van der Waals surface area contributed by atoms with Gasteiger partial charge in [0.25, 0.3) is 0 Å². The third-order valence-corrected chi connectivity index (χ3v) is 2.80. The van der Waals surface area contributed by atoms with Crippen LogP contribution in [0, 0.1) is 5.92 Å². The maximum atomic E-state index is 11.8. The van der Waals surface area contributed by atoms with Crippen LogP contribution in [-0.2, 0) is 4.79 Å². The second kappa shape index (κ2) is 5.35. The molecular weight excluding hydrogens is 222 g/mol. The smallest absolute Gasteiger partial charge is 0.314 e. The van der Waals surface area contributed by atoms with Gasteiger partial charge in [0.1, 0.15) is 0 Å². The van der Waals surface area contributed by atoms with Gasteiger partial charge in [-0.05, 0) is 26.7 Å². The second-order valence-electron chi connectivity index (χ2n) is 5.15. The third-order valence-electron chi connectivity index (χ3n) is 2.80. The fourth-order valence-corrected chi connectivity index (χ4v) is 1.84. The lowest BCUT2D eigenvalue weighted by Gasteiger charge is -2.31. The van der Waals surface area contributed by atoms with Crippen LogP contribution in [0.5, 0.6) is 0 Å². The lowest BCUT2D eigenvalue weighted by atomic mass is 9.97. The van der Waals surface area contributed by atoms with Crippen molar-refractivity contribution in [3.05, 3.63) is 0 Å². The highest BCUT2D eigenvalue weighted by molar-refractivity contribution is 5.80. The van der Waals surface area contributed by atoms with E-state index in [0.717, 1.165) is 12.8 Å². The first-order chi connectivity index (χ1) is 7.79. The van der Waals surface area contributed by atoms with Crippen molar-refractivity contribution in [1.29, 1.82) is 0 Å². The summed E-state index contributed by atoms with van der Waals surface area (Å²) in [6, 6.07) is -0.481. The molecule has 1 saturated heterocycles. The molecule has 6 nitrogen and oxygen atoms in total. The van der Waals surface area contributed by atoms with Crippen molar-refractivity contribution in [2.24, 2.45) is 11.7 Å². The van der Waals surface area contributed by atoms with Crippen LogP contribution >= 0.6 is 0 Å². The first-order valence-electron chi connectivity index (χ1n) is 5.84. The molecule has 0 radical (unpaired) electrons. The minimum Gasteiger partial charge on any atom is -0.389 e. The highest BCUT2D eigenvalue weighted by Gasteiger charge is 2.28. The molecule has 0 aromatic heterocycles. The van der Waals surface area contributed by atoms with Crippen molar-refractivity contribution in [2.75, 3.05) is 19.6 Å². The van der Waals surface area contributed by atoms with Gasteiger partial charge in [0.15, 0.2) is 0 Å². The summed E-state index contributed by atoms with van der Waals surface area (Å²) < 4.78 is 0. The SMILES string of the molecule is CC(C)(O)CNC(=O)C1CCCN(C(N)=O)C1. The zero-order valence-corrected chi connectivity index (χ0v) is 10.4. The summed E-state index contributed by atoms with van der Waals surface area (Å²) in [5, 5.41) is 12.2. The molecule has 1 unspecified atom stereocenters. The quantitative estimate of drug-likeness (QED) is 0.633. The van der Waals surface area contributed by atoms with Crippen LogP contribution in [0.15, 0.2) is 0 Å². The van der Waals surface area contributed by atoms with E-state index in [2.05, 4.69) is 5.32 Å². The number of nitrogens with zero attached hydrogens (tertiary/aromatic N) is 1. The molecule has 0 bridgehead atoms. The number of nitrogens with one attached hydrogen (secondary N) is 1. The number of rotatable bonds is 3. The molecule has 0 aliphatic carbocycles. The van der Waals surface area contributed by atoms with Crippen LogP contribution in [0.4, 0.5) is 4.79 Å². The topological polar surface area (TPSA) is 95.7 Å². The zero-order valence-electron chi connectivity index (χ0n) is 10.4. The van der Waals surface area contributed by atoms with E-state index < -0.39 is 11.6 Å². The van der Waals surface area contributed by atoms with Gasteiger partial charge in [-0.2, -0.15) is 0 Å². The van der Waals surface area contributed by atoms with E-state index in [9.17, 15) is 14.7 Å². The standard InChI is InChI=1S/C11H21N3O3/c1-11(2,17)7-13-9(15)8-4-3-5-14(6-8)10(12)16/h8,17H,3-7H2,1-2H3,(H2,12,16)(H,13,15). The number of carbonyl (C=O) groups excluding carboxylic acids is 2. The molecule has 1 aliphatic rings. The summed E-state index contributed by atoms with van der Waals surface area (Å²) >= 11 is 0. The normalized spacial score (nSPS) is 21.1. The van der Waals surface area contributed by atoms with Gasteiger partial charge in [-0.1, -0.05) is 0 Å². The van der Waals surface area contributed by atoms with Crippen molar-refractivity contribution < 1.29 is 14.7 Å². The predicted octanol–water partition coefficient (Wildman–Crippen LogP) is -0.336. The monoisotopic (exact) mass is 243 g/mol. The average Bonchev–Trinajstić information content (AvgIpc) is 2.25. The van der Waals surface area contributed by atoms with Crippen LogP contribution < -0.4 is 11.1 Å². The molecule has 1 aliphatic heterocycles. The summed E-state index contributed by atoms with van der Waals surface area (Å²) in [4.78, 5) is 24.3. The molecule has 0 aromatic rings. The summed E-state index contributed by atoms with van der Waals surface area (Å²) in [5.74, 6) is -0.350. The molecule has 4 N–H and O–H groups in total. The van der Waals surface area contributed by atoms with Crippen molar-refractivity contribution in [2.45, 2.75) is 32.3 Å². The van der Waals surface area contributed by atoms with Gasteiger partial charge >= 0.3 is 6.03 Å². The Morgan fingerprint density at radius 3 is 2.71 bits per heavy atom. The Hall–Kier alpha value is -1.30. The molecule has 0 saturated carbocycles. The Labute approximate surface area is 101 Å². The number of aliphatic hydroxyl groups is 1. The predicted molar refractivity (Wildman–Crippen MR) is 63.2 cm³/mol. The first-order valence-corrected chi connectivity index (χ1v) is 5.84. The van der Waals surface area contributed by atoms with Crippen molar-refractivity contribution in [3.8, 4) is 0 Å². The van der Waals surface area contributed by atoms with E-state index in [4.69, 9.17) is 5.73 Å². The molecule has 0 aromatic carbocycles. The summed E-state index contributed by atoms with van der Waals surface area (Å²) in [6.07, 6.45) is 1.53. The van der Waals surface area contributed by atoms with Crippen LogP contribution in [0.3, 0.4) is 0 Å². The van der Waals surface area contributed by atoms with Crippen molar-refractivity contribution >= 4 is 11.9 Å². The molecule has 1 rings (SSSR count). The van der Waals surface area contributed by atoms with E-state index in [1.807, 2.05) is 0 Å². The van der Waals surface area contributed by atoms with E-state index >= 15 is 0 Å².